The molecule has 0 aromatic heterocycles. The van der Waals surface area contributed by atoms with Gasteiger partial charge in [-0.2, -0.15) is 0 Å². The SMILES string of the molecule is CN[C@H](C)c1cc(C)cc(C)c1O. The van der Waals surface area contributed by atoms with Gasteiger partial charge in [-0.05, 0) is 33.4 Å². The van der Waals surface area contributed by atoms with Crippen molar-refractivity contribution >= 4 is 0 Å². The Balaban J connectivity index is 3.20. The third-order valence-corrected chi connectivity index (χ3v) is 2.37. The van der Waals surface area contributed by atoms with Gasteiger partial charge in [-0.25, -0.2) is 0 Å². The molecule has 0 heterocycles. The van der Waals surface area contributed by atoms with Crippen molar-refractivity contribution in [2.24, 2.45) is 0 Å². The van der Waals surface area contributed by atoms with Gasteiger partial charge in [0.15, 0.2) is 0 Å². The number of aryl methyl sites for hydroxylation is 2. The maximum Gasteiger partial charge on any atom is 0.123 e. The first-order valence-corrected chi connectivity index (χ1v) is 4.53. The third-order valence-electron chi connectivity index (χ3n) is 2.37. The number of rotatable bonds is 2. The first-order valence-electron chi connectivity index (χ1n) is 4.53. The van der Waals surface area contributed by atoms with Gasteiger partial charge < -0.3 is 10.4 Å². The molecule has 1 rings (SSSR count). The molecule has 0 amide bonds. The summed E-state index contributed by atoms with van der Waals surface area (Å²) in [4.78, 5) is 0. The van der Waals surface area contributed by atoms with E-state index in [1.165, 1.54) is 5.56 Å². The number of hydrogen-bond donors (Lipinski definition) is 2. The molecule has 2 nitrogen and oxygen atoms in total. The minimum absolute atomic E-state index is 0.193. The second-order valence-electron chi connectivity index (χ2n) is 3.53. The lowest BCUT2D eigenvalue weighted by atomic mass is 10.0. The summed E-state index contributed by atoms with van der Waals surface area (Å²) in [5.74, 6) is 0.410. The van der Waals surface area contributed by atoms with E-state index >= 15 is 0 Å². The summed E-state index contributed by atoms with van der Waals surface area (Å²) < 4.78 is 0. The Labute approximate surface area is 79.6 Å². The first kappa shape index (κ1) is 10.1. The number of nitrogens with one attached hydrogen (secondary N) is 1. The average Bonchev–Trinajstić information content (AvgIpc) is 2.10. The zero-order valence-electron chi connectivity index (χ0n) is 8.68. The quantitative estimate of drug-likeness (QED) is 0.730. The molecule has 0 aliphatic heterocycles. The predicted octanol–water partition coefficient (Wildman–Crippen LogP) is 2.29. The normalized spacial score (nSPS) is 12.9. The second-order valence-corrected chi connectivity index (χ2v) is 3.53. The molecule has 2 N–H and O–H groups in total. The topological polar surface area (TPSA) is 32.3 Å². The van der Waals surface area contributed by atoms with Crippen LogP contribution in [0.1, 0.15) is 29.7 Å². The van der Waals surface area contributed by atoms with Crippen LogP contribution in [-0.2, 0) is 0 Å². The molecule has 0 aliphatic carbocycles. The van der Waals surface area contributed by atoms with Crippen molar-refractivity contribution in [2.45, 2.75) is 26.8 Å². The monoisotopic (exact) mass is 179 g/mol. The molecule has 0 saturated carbocycles. The Morgan fingerprint density at radius 2 is 1.92 bits per heavy atom. The Hall–Kier alpha value is -1.02. The van der Waals surface area contributed by atoms with Crippen molar-refractivity contribution in [1.82, 2.24) is 5.32 Å². The molecule has 0 unspecified atom stereocenters. The molecule has 0 fully saturated rings. The van der Waals surface area contributed by atoms with E-state index in [4.69, 9.17) is 0 Å². The van der Waals surface area contributed by atoms with Gasteiger partial charge in [0.05, 0.1) is 0 Å². The molecular weight excluding hydrogens is 162 g/mol. The lowest BCUT2D eigenvalue weighted by Gasteiger charge is -2.14. The van der Waals surface area contributed by atoms with Crippen LogP contribution in [0.5, 0.6) is 5.75 Å². The molecule has 1 atom stereocenters. The molecule has 13 heavy (non-hydrogen) atoms. The summed E-state index contributed by atoms with van der Waals surface area (Å²) in [5, 5.41) is 12.9. The van der Waals surface area contributed by atoms with Gasteiger partial charge in [0.25, 0.3) is 0 Å². The lowest BCUT2D eigenvalue weighted by Crippen LogP contribution is -2.12. The number of aromatic hydroxyl groups is 1. The maximum atomic E-state index is 9.78. The lowest BCUT2D eigenvalue weighted by molar-refractivity contribution is 0.453. The van der Waals surface area contributed by atoms with Crippen molar-refractivity contribution in [3.8, 4) is 5.75 Å². The van der Waals surface area contributed by atoms with Crippen LogP contribution in [0, 0.1) is 13.8 Å². The fraction of sp³-hybridized carbons (Fsp3) is 0.455. The highest BCUT2D eigenvalue weighted by Gasteiger charge is 2.10. The molecular formula is C11H17NO. The summed E-state index contributed by atoms with van der Waals surface area (Å²) >= 11 is 0. The van der Waals surface area contributed by atoms with E-state index < -0.39 is 0 Å². The Kier molecular flexibility index (Phi) is 2.94. The smallest absolute Gasteiger partial charge is 0.123 e. The minimum atomic E-state index is 0.193. The summed E-state index contributed by atoms with van der Waals surface area (Å²) in [5.41, 5.74) is 3.10. The van der Waals surface area contributed by atoms with Crippen LogP contribution < -0.4 is 5.32 Å². The Bertz CT molecular complexity index is 307. The van der Waals surface area contributed by atoms with Crippen molar-refractivity contribution in [3.05, 3.63) is 28.8 Å². The molecule has 72 valence electrons. The molecule has 2 heteroatoms. The van der Waals surface area contributed by atoms with Crippen LogP contribution >= 0.6 is 0 Å². The second kappa shape index (κ2) is 3.79. The number of phenols is 1. The summed E-state index contributed by atoms with van der Waals surface area (Å²) in [6, 6.07) is 4.20. The van der Waals surface area contributed by atoms with Gasteiger partial charge in [-0.15, -0.1) is 0 Å². The highest BCUT2D eigenvalue weighted by molar-refractivity contribution is 5.44. The molecule has 0 saturated heterocycles. The molecule has 0 radical (unpaired) electrons. The van der Waals surface area contributed by atoms with Gasteiger partial charge in [0.1, 0.15) is 5.75 Å². The van der Waals surface area contributed by atoms with E-state index in [-0.39, 0.29) is 6.04 Å². The highest BCUT2D eigenvalue weighted by Crippen LogP contribution is 2.28. The highest BCUT2D eigenvalue weighted by atomic mass is 16.3. The van der Waals surface area contributed by atoms with Gasteiger partial charge >= 0.3 is 0 Å². The van der Waals surface area contributed by atoms with Crippen LogP contribution in [0.3, 0.4) is 0 Å². The van der Waals surface area contributed by atoms with Crippen molar-refractivity contribution in [3.63, 3.8) is 0 Å². The zero-order chi connectivity index (χ0) is 10.0. The van der Waals surface area contributed by atoms with Gasteiger partial charge in [-0.3, -0.25) is 0 Å². The predicted molar refractivity (Wildman–Crippen MR) is 55.1 cm³/mol. The van der Waals surface area contributed by atoms with Crippen molar-refractivity contribution in [2.75, 3.05) is 7.05 Å². The van der Waals surface area contributed by atoms with E-state index in [1.807, 2.05) is 40.0 Å². The van der Waals surface area contributed by atoms with Gasteiger partial charge in [-0.1, -0.05) is 17.7 Å². The van der Waals surface area contributed by atoms with Crippen molar-refractivity contribution < 1.29 is 5.11 Å². The van der Waals surface area contributed by atoms with Crippen molar-refractivity contribution in [1.29, 1.82) is 0 Å². The van der Waals surface area contributed by atoms with E-state index in [0.29, 0.717) is 5.75 Å². The largest absolute Gasteiger partial charge is 0.507 e. The standard InChI is InChI=1S/C11H17NO/c1-7-5-8(2)11(13)10(6-7)9(3)12-4/h5-6,9,12-13H,1-4H3/t9-/m1/s1. The Morgan fingerprint density at radius 1 is 1.31 bits per heavy atom. The third kappa shape index (κ3) is 2.01. The van der Waals surface area contributed by atoms with Crippen LogP contribution in [-0.4, -0.2) is 12.2 Å². The molecule has 0 aliphatic rings. The summed E-state index contributed by atoms with van der Waals surface area (Å²) in [6.07, 6.45) is 0. The Morgan fingerprint density at radius 3 is 2.46 bits per heavy atom. The fourth-order valence-electron chi connectivity index (χ4n) is 1.48. The maximum absolute atomic E-state index is 9.78. The van der Waals surface area contributed by atoms with E-state index in [2.05, 4.69) is 5.32 Å². The summed E-state index contributed by atoms with van der Waals surface area (Å²) in [6.45, 7) is 6.00. The van der Waals surface area contributed by atoms with Gasteiger partial charge in [0, 0.05) is 11.6 Å². The summed E-state index contributed by atoms with van der Waals surface area (Å²) in [7, 11) is 1.89. The first-order chi connectivity index (χ1) is 6.06. The zero-order valence-corrected chi connectivity index (χ0v) is 8.68. The van der Waals surface area contributed by atoms with Crippen LogP contribution in [0.15, 0.2) is 12.1 Å². The number of benzene rings is 1. The molecule has 0 spiro atoms. The van der Waals surface area contributed by atoms with E-state index in [0.717, 1.165) is 11.1 Å². The van der Waals surface area contributed by atoms with Gasteiger partial charge in [0.2, 0.25) is 0 Å². The van der Waals surface area contributed by atoms with Crippen LogP contribution in [0.25, 0.3) is 0 Å². The molecule has 1 aromatic carbocycles. The average molecular weight is 179 g/mol. The molecule has 0 bridgehead atoms. The minimum Gasteiger partial charge on any atom is -0.507 e. The van der Waals surface area contributed by atoms with Crippen LogP contribution in [0.4, 0.5) is 0 Å². The fourth-order valence-corrected chi connectivity index (χ4v) is 1.48. The van der Waals surface area contributed by atoms with E-state index in [1.54, 1.807) is 0 Å². The van der Waals surface area contributed by atoms with E-state index in [9.17, 15) is 5.11 Å². The number of phenolic OH excluding ortho intramolecular Hbond substituents is 1. The molecule has 1 aromatic rings. The van der Waals surface area contributed by atoms with Crippen LogP contribution in [0.2, 0.25) is 0 Å². The number of hydrogen-bond acceptors (Lipinski definition) is 2.